The number of piperidine rings is 2. The zero-order valence-electron chi connectivity index (χ0n) is 33.4. The molecule has 1 aliphatic carbocycles. The Balaban J connectivity index is 0.000000220. The van der Waals surface area contributed by atoms with Crippen LogP contribution in [0.4, 0.5) is 13.6 Å². The molecule has 0 bridgehead atoms. The van der Waals surface area contributed by atoms with Gasteiger partial charge in [0.05, 0.1) is 27.4 Å². The molecule has 10 nitrogen and oxygen atoms in total. The molecule has 15 heteroatoms. The summed E-state index contributed by atoms with van der Waals surface area (Å²) < 4.78 is 34.6. The smallest absolute Gasteiger partial charge is 0.329 e. The van der Waals surface area contributed by atoms with Gasteiger partial charge in [-0.15, -0.1) is 0 Å². The lowest BCUT2D eigenvalue weighted by Crippen LogP contribution is -2.54. The molecule has 3 heterocycles. The molecule has 2 saturated heterocycles. The van der Waals surface area contributed by atoms with Crippen LogP contribution in [0.1, 0.15) is 63.0 Å². The maximum Gasteiger partial charge on any atom is 0.329 e. The molecule has 3 aromatic carbocycles. The quantitative estimate of drug-likeness (QED) is 0.153. The zero-order valence-corrected chi connectivity index (χ0v) is 35.7. The highest BCUT2D eigenvalue weighted by Gasteiger charge is 2.61. The summed E-state index contributed by atoms with van der Waals surface area (Å²) in [6.45, 7) is 7.16. The number of nitrogens with zero attached hydrogens (tertiary/aromatic N) is 5. The molecule has 1 N–H and O–H groups in total. The van der Waals surface area contributed by atoms with E-state index in [-0.39, 0.29) is 30.4 Å². The van der Waals surface area contributed by atoms with Gasteiger partial charge in [0, 0.05) is 50.6 Å². The number of halogens is 5. The fraction of sp³-hybridized carbons (Fsp3) is 0.455. The summed E-state index contributed by atoms with van der Waals surface area (Å²) >= 11 is 18.0. The summed E-state index contributed by atoms with van der Waals surface area (Å²) in [6, 6.07) is 16.9. The Labute approximate surface area is 359 Å². The third-order valence-corrected chi connectivity index (χ3v) is 12.6. The van der Waals surface area contributed by atoms with E-state index >= 15 is 0 Å². The fourth-order valence-electron chi connectivity index (χ4n) is 8.55. The number of carbonyl (C=O) groups excluding carboxylic acids is 3. The van der Waals surface area contributed by atoms with Crippen LogP contribution in [0.3, 0.4) is 0 Å². The molecule has 2 aliphatic heterocycles. The first-order valence-corrected chi connectivity index (χ1v) is 21.4. The average molecular weight is 872 g/mol. The van der Waals surface area contributed by atoms with Crippen molar-refractivity contribution >= 4 is 52.6 Å². The molecule has 59 heavy (non-hydrogen) atoms. The first-order chi connectivity index (χ1) is 28.4. The maximum absolute atomic E-state index is 14.0. The number of imidazole rings is 1. The number of benzene rings is 3. The van der Waals surface area contributed by atoms with Crippen LogP contribution in [0, 0.1) is 17.6 Å². The topological polar surface area (TPSA) is 100 Å². The van der Waals surface area contributed by atoms with Crippen molar-refractivity contribution in [3.63, 3.8) is 0 Å². The van der Waals surface area contributed by atoms with E-state index in [2.05, 4.69) is 32.2 Å². The van der Waals surface area contributed by atoms with Gasteiger partial charge in [-0.1, -0.05) is 78.1 Å². The number of amides is 3. The SMILES string of the molecule is CCCN(CCOc1c(Cl)cc(Cl)cc1Cl)C(=O)n1ccnc1.CNC(=O)[C@@]1(c2ccc(F)c(F)c2)C[C@H]1CN1CCC(C(=O)N2CCCCC2)(c2ccccc2)CC1. The van der Waals surface area contributed by atoms with Crippen LogP contribution < -0.4 is 10.1 Å². The minimum atomic E-state index is -0.928. The van der Waals surface area contributed by atoms with Gasteiger partial charge in [-0.2, -0.15) is 0 Å². The number of likely N-dealkylation sites (N-methyl/N-ethyl adjacent to an activating group) is 1. The summed E-state index contributed by atoms with van der Waals surface area (Å²) in [5.74, 6) is -1.36. The van der Waals surface area contributed by atoms with Gasteiger partial charge in [0.1, 0.15) is 12.9 Å². The number of hydrogen-bond donors (Lipinski definition) is 1. The van der Waals surface area contributed by atoms with E-state index in [1.807, 2.05) is 25.1 Å². The summed E-state index contributed by atoms with van der Waals surface area (Å²) in [5, 5.41) is 3.85. The van der Waals surface area contributed by atoms with Gasteiger partial charge < -0.3 is 24.8 Å². The van der Waals surface area contributed by atoms with Gasteiger partial charge >= 0.3 is 6.03 Å². The molecular formula is C44H51Cl3F2N6O4. The van der Waals surface area contributed by atoms with Crippen molar-refractivity contribution in [2.24, 2.45) is 5.92 Å². The Kier molecular flexibility index (Phi) is 14.9. The molecule has 1 aromatic heterocycles. The van der Waals surface area contributed by atoms with Crippen molar-refractivity contribution in [1.29, 1.82) is 0 Å². The van der Waals surface area contributed by atoms with E-state index in [0.29, 0.717) is 52.4 Å². The van der Waals surface area contributed by atoms with Crippen LogP contribution in [0.5, 0.6) is 5.75 Å². The lowest BCUT2D eigenvalue weighted by atomic mass is 9.71. The van der Waals surface area contributed by atoms with Gasteiger partial charge in [-0.05, 0) is 99.3 Å². The van der Waals surface area contributed by atoms with Gasteiger partial charge in [-0.3, -0.25) is 14.2 Å². The van der Waals surface area contributed by atoms with Crippen molar-refractivity contribution in [2.45, 2.75) is 62.7 Å². The van der Waals surface area contributed by atoms with Gasteiger partial charge in [0.2, 0.25) is 11.8 Å². The first kappa shape index (κ1) is 44.3. The molecule has 0 spiro atoms. The molecule has 1 saturated carbocycles. The number of rotatable bonds is 12. The first-order valence-electron chi connectivity index (χ1n) is 20.2. The number of carbonyl (C=O) groups is 3. The normalized spacial score (nSPS) is 19.9. The van der Waals surface area contributed by atoms with E-state index in [0.717, 1.165) is 69.9 Å². The number of ether oxygens (including phenoxy) is 1. The summed E-state index contributed by atoms with van der Waals surface area (Å²) in [6.07, 6.45) is 10.9. The van der Waals surface area contributed by atoms with Crippen molar-refractivity contribution in [1.82, 2.24) is 29.6 Å². The third kappa shape index (κ3) is 10.0. The second-order valence-corrected chi connectivity index (χ2v) is 16.7. The molecular weight excluding hydrogens is 821 g/mol. The van der Waals surface area contributed by atoms with Crippen molar-refractivity contribution in [3.05, 3.63) is 117 Å². The summed E-state index contributed by atoms with van der Waals surface area (Å²) in [5.41, 5.74) is 0.270. The third-order valence-electron chi connectivity index (χ3n) is 11.8. The van der Waals surface area contributed by atoms with Gasteiger partial charge in [0.15, 0.2) is 17.4 Å². The largest absolute Gasteiger partial charge is 0.489 e. The second-order valence-electron chi connectivity index (χ2n) is 15.5. The maximum atomic E-state index is 14.0. The molecule has 0 unspecified atom stereocenters. The zero-order chi connectivity index (χ0) is 42.2. The Morgan fingerprint density at radius 3 is 2.20 bits per heavy atom. The summed E-state index contributed by atoms with van der Waals surface area (Å²) in [7, 11) is 1.58. The van der Waals surface area contributed by atoms with E-state index in [1.54, 1.807) is 36.5 Å². The monoisotopic (exact) mass is 870 g/mol. The van der Waals surface area contributed by atoms with E-state index in [4.69, 9.17) is 39.5 Å². The highest BCUT2D eigenvalue weighted by molar-refractivity contribution is 6.40. The average Bonchev–Trinajstić information content (AvgIpc) is 3.69. The predicted molar refractivity (Wildman–Crippen MR) is 226 cm³/mol. The standard InChI is InChI=1S/C29H35F2N3O2.C15H16Cl3N3O2/c1-32-26(35)29(22-10-11-24(30)25(31)18-22)19-23(29)20-33-16-12-28(13-17-33,21-8-4-2-5-9-21)27(36)34-14-6-3-7-15-34;1-2-4-20(15(22)21-5-3-19-10-21)6-7-23-14-12(17)8-11(16)9-13(14)18/h2,4-5,8-11,18,23H,3,6-7,12-17,19-20H2,1H3,(H,32,35);3,5,8-10H,2,4,6-7H2,1H3/t23-,29+;/m0./s1. The molecule has 2 atom stereocenters. The predicted octanol–water partition coefficient (Wildman–Crippen LogP) is 8.62. The Bertz CT molecular complexity index is 2040. The molecule has 3 amide bonds. The van der Waals surface area contributed by atoms with Crippen LogP contribution >= 0.6 is 34.8 Å². The summed E-state index contributed by atoms with van der Waals surface area (Å²) in [4.78, 5) is 49.1. The van der Waals surface area contributed by atoms with E-state index in [9.17, 15) is 23.2 Å². The van der Waals surface area contributed by atoms with Crippen molar-refractivity contribution < 1.29 is 27.9 Å². The highest BCUT2D eigenvalue weighted by Crippen LogP contribution is 2.55. The van der Waals surface area contributed by atoms with Crippen molar-refractivity contribution in [3.8, 4) is 5.75 Å². The number of aromatic nitrogens is 2. The Hall–Kier alpha value is -4.23. The number of nitrogens with one attached hydrogen (secondary N) is 1. The van der Waals surface area contributed by atoms with Crippen LogP contribution in [-0.2, 0) is 20.4 Å². The molecule has 3 fully saturated rings. The van der Waals surface area contributed by atoms with Crippen LogP contribution in [0.25, 0.3) is 0 Å². The Morgan fingerprint density at radius 1 is 0.898 bits per heavy atom. The lowest BCUT2D eigenvalue weighted by molar-refractivity contribution is -0.140. The number of hydrogen-bond acceptors (Lipinski definition) is 6. The van der Waals surface area contributed by atoms with Crippen molar-refractivity contribution in [2.75, 3.05) is 59.5 Å². The molecule has 0 radical (unpaired) electrons. The van der Waals surface area contributed by atoms with Crippen LogP contribution in [-0.4, -0.2) is 102 Å². The molecule has 3 aliphatic rings. The van der Waals surface area contributed by atoms with Gasteiger partial charge in [0.25, 0.3) is 0 Å². The van der Waals surface area contributed by atoms with Crippen LogP contribution in [0.15, 0.2) is 79.4 Å². The lowest BCUT2D eigenvalue weighted by Gasteiger charge is -2.44. The van der Waals surface area contributed by atoms with Crippen LogP contribution in [0.2, 0.25) is 15.1 Å². The second kappa shape index (κ2) is 19.9. The molecule has 316 valence electrons. The fourth-order valence-corrected chi connectivity index (χ4v) is 9.48. The molecule has 4 aromatic rings. The number of likely N-dealkylation sites (tertiary alicyclic amines) is 2. The minimum Gasteiger partial charge on any atom is -0.489 e. The van der Waals surface area contributed by atoms with E-state index in [1.165, 1.54) is 29.4 Å². The van der Waals surface area contributed by atoms with Gasteiger partial charge in [-0.25, -0.2) is 18.6 Å². The highest BCUT2D eigenvalue weighted by atomic mass is 35.5. The minimum absolute atomic E-state index is 0.0179. The Morgan fingerprint density at radius 2 is 1.59 bits per heavy atom. The molecule has 7 rings (SSSR count). The van der Waals surface area contributed by atoms with E-state index < -0.39 is 22.5 Å².